The molecule has 0 saturated carbocycles. The highest BCUT2D eigenvalue weighted by Crippen LogP contribution is 2.24. The van der Waals surface area contributed by atoms with Crippen LogP contribution in [0.25, 0.3) is 0 Å². The number of anilines is 1. The predicted molar refractivity (Wildman–Crippen MR) is 90.3 cm³/mol. The standard InChI is InChI=1S/C17H20FN5O2/c1-19-15(11-9-20-22(2)10-11)16(24)21-13-7-8-23(17(13)25)14-6-4-3-5-12(14)18/h3-6,9-10,13,15,19H,7-8H2,1-2H3,(H,21,24). The molecule has 0 spiro atoms. The van der Waals surface area contributed by atoms with Crippen molar-refractivity contribution in [3.8, 4) is 0 Å². The number of aryl methyl sites for hydroxylation is 1. The van der Waals surface area contributed by atoms with Crippen LogP contribution in [0.3, 0.4) is 0 Å². The van der Waals surface area contributed by atoms with Crippen molar-refractivity contribution in [3.63, 3.8) is 0 Å². The first-order chi connectivity index (χ1) is 12.0. The highest BCUT2D eigenvalue weighted by atomic mass is 19.1. The van der Waals surface area contributed by atoms with Crippen LogP contribution in [0.1, 0.15) is 18.0 Å². The average Bonchev–Trinajstić information content (AvgIpc) is 3.16. The Morgan fingerprint density at radius 3 is 2.80 bits per heavy atom. The van der Waals surface area contributed by atoms with Crippen LogP contribution in [0.5, 0.6) is 0 Å². The van der Waals surface area contributed by atoms with E-state index >= 15 is 0 Å². The highest BCUT2D eigenvalue weighted by Gasteiger charge is 2.36. The van der Waals surface area contributed by atoms with Gasteiger partial charge in [0, 0.05) is 25.4 Å². The van der Waals surface area contributed by atoms with E-state index < -0.39 is 17.9 Å². The molecule has 2 heterocycles. The summed E-state index contributed by atoms with van der Waals surface area (Å²) in [4.78, 5) is 26.5. The second-order valence-electron chi connectivity index (χ2n) is 5.96. The Morgan fingerprint density at radius 2 is 2.16 bits per heavy atom. The number of nitrogens with zero attached hydrogens (tertiary/aromatic N) is 3. The van der Waals surface area contributed by atoms with Gasteiger partial charge >= 0.3 is 0 Å². The van der Waals surface area contributed by atoms with Gasteiger partial charge < -0.3 is 15.5 Å². The first kappa shape index (κ1) is 17.1. The molecule has 0 radical (unpaired) electrons. The molecule has 0 aliphatic carbocycles. The van der Waals surface area contributed by atoms with Crippen molar-refractivity contribution in [2.24, 2.45) is 7.05 Å². The van der Waals surface area contributed by atoms with Crippen LogP contribution < -0.4 is 15.5 Å². The van der Waals surface area contributed by atoms with Gasteiger partial charge in [-0.15, -0.1) is 0 Å². The van der Waals surface area contributed by atoms with Crippen LogP contribution in [-0.2, 0) is 16.6 Å². The molecule has 2 atom stereocenters. The molecule has 1 aliphatic heterocycles. The summed E-state index contributed by atoms with van der Waals surface area (Å²) >= 11 is 0. The minimum atomic E-state index is -0.667. The van der Waals surface area contributed by atoms with Crippen LogP contribution in [0.4, 0.5) is 10.1 Å². The summed E-state index contributed by atoms with van der Waals surface area (Å²) in [5.41, 5.74) is 0.945. The van der Waals surface area contributed by atoms with Crippen molar-refractivity contribution in [2.75, 3.05) is 18.5 Å². The van der Waals surface area contributed by atoms with Gasteiger partial charge in [0.25, 0.3) is 0 Å². The molecule has 1 fully saturated rings. The van der Waals surface area contributed by atoms with Crippen LogP contribution in [0, 0.1) is 5.82 Å². The zero-order valence-corrected chi connectivity index (χ0v) is 14.1. The first-order valence-electron chi connectivity index (χ1n) is 8.03. The molecular formula is C17H20FN5O2. The number of benzene rings is 1. The lowest BCUT2D eigenvalue weighted by atomic mass is 10.1. The molecule has 8 heteroatoms. The Bertz CT molecular complexity index is 791. The fourth-order valence-corrected chi connectivity index (χ4v) is 3.02. The molecule has 1 saturated heterocycles. The molecule has 25 heavy (non-hydrogen) atoms. The summed E-state index contributed by atoms with van der Waals surface area (Å²) < 4.78 is 15.5. The summed E-state index contributed by atoms with van der Waals surface area (Å²) in [6.07, 6.45) is 3.77. The SMILES string of the molecule is CNC(C(=O)NC1CCN(c2ccccc2F)C1=O)c1cnn(C)c1. The summed E-state index contributed by atoms with van der Waals surface area (Å²) in [5, 5.41) is 9.73. The monoisotopic (exact) mass is 345 g/mol. The lowest BCUT2D eigenvalue weighted by molar-refractivity contribution is -0.127. The number of amides is 2. The van der Waals surface area contributed by atoms with Gasteiger partial charge in [0.05, 0.1) is 11.9 Å². The Morgan fingerprint density at radius 1 is 1.40 bits per heavy atom. The molecule has 2 N–H and O–H groups in total. The second-order valence-corrected chi connectivity index (χ2v) is 5.96. The van der Waals surface area contributed by atoms with Gasteiger partial charge in [0.2, 0.25) is 11.8 Å². The van der Waals surface area contributed by atoms with E-state index in [1.807, 2.05) is 0 Å². The van der Waals surface area contributed by atoms with Crippen LogP contribution in [0.2, 0.25) is 0 Å². The number of aromatic nitrogens is 2. The predicted octanol–water partition coefficient (Wildman–Crippen LogP) is 0.741. The number of para-hydroxylation sites is 1. The quantitative estimate of drug-likeness (QED) is 0.838. The number of rotatable bonds is 5. The van der Waals surface area contributed by atoms with E-state index in [1.165, 1.54) is 11.0 Å². The third-order valence-electron chi connectivity index (χ3n) is 4.27. The number of nitrogens with one attached hydrogen (secondary N) is 2. The minimum Gasteiger partial charge on any atom is -0.343 e. The zero-order valence-electron chi connectivity index (χ0n) is 14.1. The second kappa shape index (κ2) is 7.02. The van der Waals surface area contributed by atoms with E-state index in [-0.39, 0.29) is 17.5 Å². The summed E-state index contributed by atoms with van der Waals surface area (Å²) in [6, 6.07) is 4.85. The van der Waals surface area contributed by atoms with Gasteiger partial charge in [-0.05, 0) is 25.6 Å². The first-order valence-corrected chi connectivity index (χ1v) is 8.03. The smallest absolute Gasteiger partial charge is 0.249 e. The summed E-state index contributed by atoms with van der Waals surface area (Å²) in [5.74, 6) is -1.07. The van der Waals surface area contributed by atoms with E-state index in [0.29, 0.717) is 18.5 Å². The molecule has 3 rings (SSSR count). The van der Waals surface area contributed by atoms with Crippen molar-refractivity contribution >= 4 is 17.5 Å². The lowest BCUT2D eigenvalue weighted by Gasteiger charge is -2.20. The van der Waals surface area contributed by atoms with Gasteiger partial charge in [-0.2, -0.15) is 5.10 Å². The Kier molecular flexibility index (Phi) is 4.80. The number of hydrogen-bond donors (Lipinski definition) is 2. The maximum Gasteiger partial charge on any atom is 0.249 e. The molecular weight excluding hydrogens is 325 g/mol. The summed E-state index contributed by atoms with van der Waals surface area (Å²) in [7, 11) is 3.43. The number of hydrogen-bond acceptors (Lipinski definition) is 4. The zero-order chi connectivity index (χ0) is 18.0. The van der Waals surface area contributed by atoms with E-state index in [2.05, 4.69) is 15.7 Å². The van der Waals surface area contributed by atoms with Crippen LogP contribution >= 0.6 is 0 Å². The molecule has 132 valence electrons. The fourth-order valence-electron chi connectivity index (χ4n) is 3.02. The molecule has 2 unspecified atom stereocenters. The number of carbonyl (C=O) groups excluding carboxylic acids is 2. The van der Waals surface area contributed by atoms with Crippen molar-refractivity contribution in [1.82, 2.24) is 20.4 Å². The van der Waals surface area contributed by atoms with Crippen molar-refractivity contribution in [1.29, 1.82) is 0 Å². The fraction of sp³-hybridized carbons (Fsp3) is 0.353. The van der Waals surface area contributed by atoms with Crippen molar-refractivity contribution in [2.45, 2.75) is 18.5 Å². The van der Waals surface area contributed by atoms with Crippen LogP contribution in [0.15, 0.2) is 36.7 Å². The minimum absolute atomic E-state index is 0.238. The van der Waals surface area contributed by atoms with Gasteiger partial charge in [-0.1, -0.05) is 12.1 Å². The topological polar surface area (TPSA) is 79.3 Å². The lowest BCUT2D eigenvalue weighted by Crippen LogP contribution is -2.45. The number of carbonyl (C=O) groups is 2. The summed E-state index contributed by atoms with van der Waals surface area (Å²) in [6.45, 7) is 0.363. The number of halogens is 1. The maximum absolute atomic E-state index is 13.9. The molecule has 2 aromatic rings. The molecule has 0 bridgehead atoms. The maximum atomic E-state index is 13.9. The van der Waals surface area contributed by atoms with Crippen molar-refractivity contribution < 1.29 is 14.0 Å². The Hall–Kier alpha value is -2.74. The Balaban J connectivity index is 1.70. The highest BCUT2D eigenvalue weighted by molar-refractivity contribution is 6.01. The molecule has 1 aliphatic rings. The molecule has 1 aromatic heterocycles. The van der Waals surface area contributed by atoms with Crippen molar-refractivity contribution in [3.05, 3.63) is 48.0 Å². The van der Waals surface area contributed by atoms with Gasteiger partial charge in [0.15, 0.2) is 0 Å². The largest absolute Gasteiger partial charge is 0.343 e. The van der Waals surface area contributed by atoms with E-state index in [0.717, 1.165) is 0 Å². The van der Waals surface area contributed by atoms with E-state index in [9.17, 15) is 14.0 Å². The molecule has 1 aromatic carbocycles. The molecule has 7 nitrogen and oxygen atoms in total. The van der Waals surface area contributed by atoms with Gasteiger partial charge in [-0.25, -0.2) is 4.39 Å². The third kappa shape index (κ3) is 3.39. The van der Waals surface area contributed by atoms with Gasteiger partial charge in [0.1, 0.15) is 17.9 Å². The van der Waals surface area contributed by atoms with Gasteiger partial charge in [-0.3, -0.25) is 14.3 Å². The molecule has 2 amide bonds. The third-order valence-corrected chi connectivity index (χ3v) is 4.27. The normalized spacial score (nSPS) is 18.4. The Labute approximate surface area is 144 Å². The van der Waals surface area contributed by atoms with Crippen LogP contribution in [-0.4, -0.2) is 41.2 Å². The number of likely N-dealkylation sites (N-methyl/N-ethyl adjacent to an activating group) is 1. The van der Waals surface area contributed by atoms with E-state index in [4.69, 9.17) is 0 Å². The van der Waals surface area contributed by atoms with E-state index in [1.54, 1.807) is 49.4 Å². The average molecular weight is 345 g/mol.